The van der Waals surface area contributed by atoms with Gasteiger partial charge in [-0.15, -0.1) is 6.58 Å². The van der Waals surface area contributed by atoms with Crippen molar-refractivity contribution in [2.75, 3.05) is 0 Å². The van der Waals surface area contributed by atoms with Crippen LogP contribution in [0.3, 0.4) is 0 Å². The molecule has 0 aliphatic rings. The molecule has 0 fully saturated rings. The van der Waals surface area contributed by atoms with Crippen molar-refractivity contribution in [2.24, 2.45) is 0 Å². The summed E-state index contributed by atoms with van der Waals surface area (Å²) in [5.41, 5.74) is 0.115. The Labute approximate surface area is 96.7 Å². The van der Waals surface area contributed by atoms with Gasteiger partial charge in [-0.2, -0.15) is 8.78 Å². The topological polar surface area (TPSA) is 52.4 Å². The van der Waals surface area contributed by atoms with Crippen molar-refractivity contribution in [2.45, 2.75) is 13.5 Å². The van der Waals surface area contributed by atoms with E-state index in [1.54, 1.807) is 6.92 Å². The van der Waals surface area contributed by atoms with Gasteiger partial charge in [-0.25, -0.2) is 0 Å². The van der Waals surface area contributed by atoms with E-state index in [2.05, 4.69) is 11.3 Å². The van der Waals surface area contributed by atoms with Gasteiger partial charge in [0.05, 0.1) is 11.0 Å². The molecule has 0 atom stereocenters. The lowest BCUT2D eigenvalue weighted by Gasteiger charge is -2.09. The van der Waals surface area contributed by atoms with E-state index < -0.39 is 11.5 Å². The van der Waals surface area contributed by atoms with Crippen molar-refractivity contribution in [3.8, 4) is 5.75 Å². The van der Waals surface area contributed by atoms with Gasteiger partial charge >= 0.3 is 6.61 Å². The number of halogens is 2. The predicted octanol–water partition coefficient (Wildman–Crippen LogP) is 3.32. The van der Waals surface area contributed by atoms with E-state index >= 15 is 0 Å². The van der Waals surface area contributed by atoms with E-state index in [0.29, 0.717) is 11.5 Å². The molecule has 0 bridgehead atoms. The average molecular weight is 242 g/mol. The fourth-order valence-corrected chi connectivity index (χ4v) is 1.21. The molecule has 0 heterocycles. The summed E-state index contributed by atoms with van der Waals surface area (Å²) in [4.78, 5) is 9.96. The smallest absolute Gasteiger partial charge is 0.387 e. The highest BCUT2D eigenvalue weighted by Crippen LogP contribution is 2.28. The molecule has 0 aromatic heterocycles. The minimum atomic E-state index is -3.02. The molecular formula is C11H10F2NO3. The molecule has 1 aromatic rings. The molecule has 91 valence electrons. The molecule has 17 heavy (non-hydrogen) atoms. The van der Waals surface area contributed by atoms with Gasteiger partial charge in [0.2, 0.25) is 0 Å². The molecular weight excluding hydrogens is 232 g/mol. The van der Waals surface area contributed by atoms with Crippen LogP contribution < -0.4 is 4.74 Å². The largest absolute Gasteiger partial charge is 0.435 e. The zero-order chi connectivity index (χ0) is 13.0. The van der Waals surface area contributed by atoms with Crippen molar-refractivity contribution in [1.29, 1.82) is 0 Å². The summed E-state index contributed by atoms with van der Waals surface area (Å²) in [6, 6.07) is 3.53. The first-order chi connectivity index (χ1) is 7.93. The molecule has 0 saturated heterocycles. The predicted molar refractivity (Wildman–Crippen MR) is 57.9 cm³/mol. The van der Waals surface area contributed by atoms with Crippen molar-refractivity contribution in [3.05, 3.63) is 52.4 Å². The number of nitro groups is 1. The normalized spacial score (nSPS) is 10.6. The van der Waals surface area contributed by atoms with E-state index in [1.165, 1.54) is 18.2 Å². The first-order valence-corrected chi connectivity index (χ1v) is 4.64. The summed E-state index contributed by atoms with van der Waals surface area (Å²) in [6.45, 7) is 2.15. The number of hydrogen-bond acceptors (Lipinski definition) is 3. The Kier molecular flexibility index (Phi) is 4.14. The minimum absolute atomic E-state index is 0.245. The maximum Gasteiger partial charge on any atom is 0.387 e. The maximum atomic E-state index is 12.0. The van der Waals surface area contributed by atoms with Gasteiger partial charge in [0.1, 0.15) is 5.75 Å². The fraction of sp³-hybridized carbons (Fsp3) is 0.182. The van der Waals surface area contributed by atoms with E-state index in [1.807, 2.05) is 0 Å². The summed E-state index contributed by atoms with van der Waals surface area (Å²) in [6.07, 6.45) is 1.48. The van der Waals surface area contributed by atoms with Gasteiger partial charge in [-0.05, 0) is 11.6 Å². The first-order valence-electron chi connectivity index (χ1n) is 4.64. The summed E-state index contributed by atoms with van der Waals surface area (Å²) in [5, 5.41) is 10.6. The van der Waals surface area contributed by atoms with Crippen LogP contribution in [0, 0.1) is 16.0 Å². The van der Waals surface area contributed by atoms with E-state index in [9.17, 15) is 18.9 Å². The van der Waals surface area contributed by atoms with E-state index in [0.717, 1.165) is 6.07 Å². The zero-order valence-electron chi connectivity index (χ0n) is 9.02. The molecule has 1 rings (SSSR count). The zero-order valence-corrected chi connectivity index (χ0v) is 9.02. The highest BCUT2D eigenvalue weighted by Gasteiger charge is 2.15. The molecule has 0 N–H and O–H groups in total. The van der Waals surface area contributed by atoms with Crippen LogP contribution in [0.15, 0.2) is 30.9 Å². The molecule has 0 aliphatic carbocycles. The Morgan fingerprint density at radius 1 is 1.53 bits per heavy atom. The minimum Gasteiger partial charge on any atom is -0.435 e. The van der Waals surface area contributed by atoms with Gasteiger partial charge in [-0.3, -0.25) is 10.1 Å². The number of non-ortho nitro benzene ring substituents is 1. The maximum absolute atomic E-state index is 12.0. The molecule has 0 spiro atoms. The summed E-state index contributed by atoms with van der Waals surface area (Å²) >= 11 is 0. The Morgan fingerprint density at radius 2 is 2.18 bits per heavy atom. The third-order valence-corrected chi connectivity index (χ3v) is 2.09. The van der Waals surface area contributed by atoms with Crippen LogP contribution in [0.25, 0.3) is 0 Å². The standard InChI is InChI=1S/C11H10F2NO3/c1-3-7(2)8-4-9(14(15)16)6-10(5-8)17-11(12)13/h3-6,11H,1H2,2H3. The molecule has 6 heteroatoms. The van der Waals surface area contributed by atoms with Crippen molar-refractivity contribution >= 4 is 5.69 Å². The molecule has 0 amide bonds. The number of benzene rings is 1. The number of rotatable bonds is 5. The summed E-state index contributed by atoms with van der Waals surface area (Å²) in [7, 11) is 0. The van der Waals surface area contributed by atoms with Crippen LogP contribution in [0.2, 0.25) is 0 Å². The van der Waals surface area contributed by atoms with Crippen molar-refractivity contribution in [3.63, 3.8) is 0 Å². The quantitative estimate of drug-likeness (QED) is 0.587. The number of nitrogens with zero attached hydrogens (tertiary/aromatic N) is 1. The summed E-state index contributed by atoms with van der Waals surface area (Å²) < 4.78 is 28.3. The lowest BCUT2D eigenvalue weighted by Crippen LogP contribution is -2.04. The third-order valence-electron chi connectivity index (χ3n) is 2.09. The molecule has 1 radical (unpaired) electrons. The van der Waals surface area contributed by atoms with Crippen LogP contribution in [0.4, 0.5) is 14.5 Å². The van der Waals surface area contributed by atoms with Crippen LogP contribution >= 0.6 is 0 Å². The Morgan fingerprint density at radius 3 is 2.65 bits per heavy atom. The molecule has 1 aromatic carbocycles. The second-order valence-corrected chi connectivity index (χ2v) is 3.24. The van der Waals surface area contributed by atoms with Gasteiger partial charge < -0.3 is 4.74 Å². The van der Waals surface area contributed by atoms with E-state index in [4.69, 9.17) is 0 Å². The first kappa shape index (κ1) is 13.1. The lowest BCUT2D eigenvalue weighted by molar-refractivity contribution is -0.385. The Balaban J connectivity index is 3.18. The van der Waals surface area contributed by atoms with Gasteiger partial charge in [-0.1, -0.05) is 13.0 Å². The van der Waals surface area contributed by atoms with Gasteiger partial charge in [0, 0.05) is 12.0 Å². The van der Waals surface area contributed by atoms with Gasteiger partial charge in [0.25, 0.3) is 5.69 Å². The number of nitro benzene ring substituents is 1. The lowest BCUT2D eigenvalue weighted by atomic mass is 10.0. The molecule has 0 unspecified atom stereocenters. The van der Waals surface area contributed by atoms with Gasteiger partial charge in [0.15, 0.2) is 0 Å². The number of hydrogen-bond donors (Lipinski definition) is 0. The Hall–Kier alpha value is -1.98. The average Bonchev–Trinajstić information content (AvgIpc) is 2.26. The highest BCUT2D eigenvalue weighted by molar-refractivity contribution is 5.49. The van der Waals surface area contributed by atoms with E-state index in [-0.39, 0.29) is 11.4 Å². The van der Waals surface area contributed by atoms with Crippen LogP contribution in [0.5, 0.6) is 5.75 Å². The van der Waals surface area contributed by atoms with Crippen LogP contribution in [-0.4, -0.2) is 11.5 Å². The number of allylic oxidation sites excluding steroid dienone is 1. The number of alkyl halides is 2. The highest BCUT2D eigenvalue weighted by atomic mass is 19.3. The third kappa shape index (κ3) is 3.51. The number of ether oxygens (including phenoxy) is 1. The van der Waals surface area contributed by atoms with Crippen LogP contribution in [-0.2, 0) is 0 Å². The molecule has 0 saturated carbocycles. The SMILES string of the molecule is C=C[C](C)c1cc(OC(F)F)cc([N+](=O)[O-])c1. The second-order valence-electron chi connectivity index (χ2n) is 3.24. The molecule has 0 aliphatic heterocycles. The fourth-order valence-electron chi connectivity index (χ4n) is 1.21. The van der Waals surface area contributed by atoms with Crippen molar-refractivity contribution in [1.82, 2.24) is 0 Å². The summed E-state index contributed by atoms with van der Waals surface area (Å²) in [5.74, 6) is 0.387. The van der Waals surface area contributed by atoms with Crippen molar-refractivity contribution < 1.29 is 18.4 Å². The monoisotopic (exact) mass is 242 g/mol. The molecule has 4 nitrogen and oxygen atoms in total. The van der Waals surface area contributed by atoms with Crippen LogP contribution in [0.1, 0.15) is 12.5 Å². The Bertz CT molecular complexity index is 435. The second kappa shape index (κ2) is 5.38.